The van der Waals surface area contributed by atoms with Crippen molar-refractivity contribution in [2.24, 2.45) is 0 Å². The number of hydrogen-bond donors (Lipinski definition) is 2. The molecule has 0 aromatic heterocycles. The van der Waals surface area contributed by atoms with Crippen molar-refractivity contribution >= 4 is 66.8 Å². The molecule has 0 aliphatic rings. The van der Waals surface area contributed by atoms with E-state index in [0.29, 0.717) is 9.79 Å². The summed E-state index contributed by atoms with van der Waals surface area (Å²) in [4.78, 5) is 22.1. The van der Waals surface area contributed by atoms with Crippen LogP contribution in [0.5, 0.6) is 0 Å². The molecule has 0 bridgehead atoms. The van der Waals surface area contributed by atoms with E-state index in [1.54, 1.807) is 12.1 Å². The minimum atomic E-state index is -1.17. The Kier molecular flexibility index (Phi) is 15.3. The van der Waals surface area contributed by atoms with Gasteiger partial charge < -0.3 is 19.8 Å². The Morgan fingerprint density at radius 3 is 1.35 bits per heavy atom. The van der Waals surface area contributed by atoms with E-state index in [4.69, 9.17) is 0 Å². The van der Waals surface area contributed by atoms with Crippen LogP contribution < -0.4 is 10.2 Å². The average molecular weight is 587 g/mol. The van der Waals surface area contributed by atoms with Crippen LogP contribution in [0.25, 0.3) is 0 Å². The third-order valence-electron chi connectivity index (χ3n) is 3.44. The van der Waals surface area contributed by atoms with Crippen LogP contribution in [0.15, 0.2) is 46.2 Å². The molecule has 26 heavy (non-hydrogen) atoms. The number of carbonyl (C=O) groups is 2. The maximum atomic E-state index is 10.5. The number of aryl methyl sites for hydroxylation is 2. The van der Waals surface area contributed by atoms with Crippen molar-refractivity contribution < 1.29 is 47.5 Å². The Morgan fingerprint density at radius 2 is 1.12 bits per heavy atom. The molecule has 0 aliphatic carbocycles. The molecule has 0 amide bonds. The number of carbonyl (C=O) groups excluding carboxylic acids is 2. The molecule has 2 aromatic carbocycles. The van der Waals surface area contributed by atoms with E-state index in [1.807, 2.05) is 26.0 Å². The Hall–Kier alpha value is 0.0151. The summed E-state index contributed by atoms with van der Waals surface area (Å²) in [5.41, 5.74) is 2.19. The van der Waals surface area contributed by atoms with Gasteiger partial charge in [0.1, 0.15) is 0 Å². The Bertz CT molecular complexity index is 690. The van der Waals surface area contributed by atoms with Gasteiger partial charge in [0.2, 0.25) is 0 Å². The molecule has 0 aliphatic heterocycles. The minimum absolute atomic E-state index is 0. The summed E-state index contributed by atoms with van der Waals surface area (Å²) in [5.74, 6) is -2.34. The fourth-order valence-electron chi connectivity index (χ4n) is 2.08. The molecule has 2 rings (SSSR count). The molecule has 130 valence electrons. The zero-order valence-electron chi connectivity index (χ0n) is 14.1. The number of benzene rings is 2. The SMILES string of the molecule is CCc1cccc(C(=O)[O-])c1S.CCc1cccc(C(=O)[O-])c1S.[Hg+2].[NaH]. The van der Waals surface area contributed by atoms with Gasteiger partial charge in [0.15, 0.2) is 0 Å². The number of carboxylic acid groups (broad SMARTS) is 2. The van der Waals surface area contributed by atoms with Crippen molar-refractivity contribution in [3.05, 3.63) is 58.7 Å². The van der Waals surface area contributed by atoms with Crippen LogP contribution in [0, 0.1) is 0 Å². The first-order valence-electron chi connectivity index (χ1n) is 7.37. The summed E-state index contributed by atoms with van der Waals surface area (Å²) in [7, 11) is 0. The van der Waals surface area contributed by atoms with Crippen molar-refractivity contribution in [3.63, 3.8) is 0 Å². The van der Waals surface area contributed by atoms with Crippen LogP contribution in [0.3, 0.4) is 0 Å². The standard InChI is InChI=1S/2C9H10O2S.Hg.Na.H/c2*1-2-6-4-3-5-7(8(6)12)9(10)11;;;/h2*3-5,12H,2H2,1H3,(H,10,11);;;/q;;+2;;/p-2. The van der Waals surface area contributed by atoms with Crippen LogP contribution >= 0.6 is 25.3 Å². The summed E-state index contributed by atoms with van der Waals surface area (Å²) in [6, 6.07) is 10.1. The molecular weight excluding hydrogens is 568 g/mol. The molecule has 0 radical (unpaired) electrons. The Balaban J connectivity index is 0. The molecule has 4 nitrogen and oxygen atoms in total. The second-order valence-corrected chi connectivity index (χ2v) is 5.80. The summed E-state index contributed by atoms with van der Waals surface area (Å²) in [6.45, 7) is 3.90. The van der Waals surface area contributed by atoms with Crippen molar-refractivity contribution in [1.82, 2.24) is 0 Å². The van der Waals surface area contributed by atoms with Crippen molar-refractivity contribution in [3.8, 4) is 0 Å². The molecule has 8 heteroatoms. The van der Waals surface area contributed by atoms with Gasteiger partial charge >= 0.3 is 57.2 Å². The summed E-state index contributed by atoms with van der Waals surface area (Å²) in [5, 5.41) is 21.1. The van der Waals surface area contributed by atoms with Crippen LogP contribution in [-0.4, -0.2) is 41.5 Å². The molecule has 0 fully saturated rings. The number of hydrogen-bond acceptors (Lipinski definition) is 6. The van der Waals surface area contributed by atoms with Crippen molar-refractivity contribution in [2.45, 2.75) is 36.5 Å². The van der Waals surface area contributed by atoms with Crippen LogP contribution in [0.2, 0.25) is 0 Å². The van der Waals surface area contributed by atoms with Crippen molar-refractivity contribution in [1.29, 1.82) is 0 Å². The van der Waals surface area contributed by atoms with Gasteiger partial charge in [-0.1, -0.05) is 50.2 Å². The zero-order valence-corrected chi connectivity index (χ0v) is 21.4. The van der Waals surface area contributed by atoms with Gasteiger partial charge in [-0.15, -0.1) is 25.3 Å². The predicted molar refractivity (Wildman–Crippen MR) is 102 cm³/mol. The topological polar surface area (TPSA) is 80.3 Å². The third-order valence-corrected chi connectivity index (χ3v) is 4.50. The summed E-state index contributed by atoms with van der Waals surface area (Å²) in [6.07, 6.45) is 1.56. The monoisotopic (exact) mass is 588 g/mol. The van der Waals surface area contributed by atoms with Gasteiger partial charge in [-0.2, -0.15) is 0 Å². The third kappa shape index (κ3) is 7.94. The van der Waals surface area contributed by atoms with Gasteiger partial charge in [0, 0.05) is 20.9 Å². The quantitative estimate of drug-likeness (QED) is 0.416. The summed E-state index contributed by atoms with van der Waals surface area (Å²) >= 11 is 8.22. The van der Waals surface area contributed by atoms with E-state index in [9.17, 15) is 19.8 Å². The van der Waals surface area contributed by atoms with Crippen LogP contribution in [-0.2, 0) is 40.5 Å². The molecule has 0 unspecified atom stereocenters. The molecular formula is C18H19HgNaO4S2. The Morgan fingerprint density at radius 1 is 0.808 bits per heavy atom. The number of aromatic carboxylic acids is 2. The molecule has 0 saturated heterocycles. The van der Waals surface area contributed by atoms with Gasteiger partial charge in [-0.25, -0.2) is 0 Å². The van der Waals surface area contributed by atoms with Gasteiger partial charge in [-0.05, 0) is 24.0 Å². The number of rotatable bonds is 4. The first-order valence-corrected chi connectivity index (χ1v) is 8.27. The van der Waals surface area contributed by atoms with E-state index in [-0.39, 0.29) is 68.4 Å². The molecule has 0 heterocycles. The second-order valence-electron chi connectivity index (χ2n) is 4.91. The van der Waals surface area contributed by atoms with E-state index >= 15 is 0 Å². The predicted octanol–water partition coefficient (Wildman–Crippen LogP) is 1.15. The van der Waals surface area contributed by atoms with Gasteiger partial charge in [0.05, 0.1) is 11.9 Å². The van der Waals surface area contributed by atoms with E-state index in [0.717, 1.165) is 24.0 Å². The first-order chi connectivity index (χ1) is 11.3. The normalized spacial score (nSPS) is 9.08. The fourth-order valence-corrected chi connectivity index (χ4v) is 2.88. The van der Waals surface area contributed by atoms with E-state index in [1.165, 1.54) is 12.1 Å². The molecule has 0 saturated carbocycles. The fraction of sp³-hybridized carbons (Fsp3) is 0.222. The number of carboxylic acids is 2. The van der Waals surface area contributed by atoms with Crippen LogP contribution in [0.1, 0.15) is 45.7 Å². The van der Waals surface area contributed by atoms with Gasteiger partial charge in [0.25, 0.3) is 0 Å². The van der Waals surface area contributed by atoms with Crippen LogP contribution in [0.4, 0.5) is 0 Å². The maximum absolute atomic E-state index is 10.5. The molecule has 0 N–H and O–H groups in total. The molecule has 0 spiro atoms. The Labute approximate surface area is 207 Å². The first kappa shape index (κ1) is 28.2. The molecule has 0 atom stereocenters. The zero-order chi connectivity index (χ0) is 18.3. The second kappa shape index (κ2) is 14.1. The van der Waals surface area contributed by atoms with Crippen molar-refractivity contribution in [2.75, 3.05) is 0 Å². The summed E-state index contributed by atoms with van der Waals surface area (Å²) < 4.78 is 0. The molecule has 2 aromatic rings. The van der Waals surface area contributed by atoms with E-state index < -0.39 is 11.9 Å². The average Bonchev–Trinajstić information content (AvgIpc) is 2.55. The van der Waals surface area contributed by atoms with Gasteiger partial charge in [-0.3, -0.25) is 0 Å². The number of thiol groups is 2. The van der Waals surface area contributed by atoms with E-state index in [2.05, 4.69) is 25.3 Å².